The van der Waals surface area contributed by atoms with Crippen molar-refractivity contribution in [1.29, 1.82) is 0 Å². The lowest BCUT2D eigenvalue weighted by atomic mass is 10.1. The van der Waals surface area contributed by atoms with E-state index in [9.17, 15) is 4.79 Å². The largest absolute Gasteiger partial charge is 0.384 e. The number of aromatic nitrogens is 1. The number of pyridine rings is 1. The normalized spacial score (nSPS) is 11.2. The standard InChI is InChI=1S/C11H17N3O2/c1-11(2,16-3)7-14-10(15)8-4-5-9(12)13-6-8/h4-6H,7H2,1-3H3,(H2,12,13)(H,14,15). The summed E-state index contributed by atoms with van der Waals surface area (Å²) in [4.78, 5) is 15.5. The Kier molecular flexibility index (Phi) is 3.84. The van der Waals surface area contributed by atoms with Crippen LogP contribution in [0.25, 0.3) is 0 Å². The zero-order chi connectivity index (χ0) is 12.2. The van der Waals surface area contributed by atoms with Gasteiger partial charge in [-0.1, -0.05) is 0 Å². The molecule has 5 heteroatoms. The Balaban J connectivity index is 2.56. The Morgan fingerprint density at radius 1 is 1.56 bits per heavy atom. The molecule has 1 aromatic rings. The maximum atomic E-state index is 11.7. The fourth-order valence-corrected chi connectivity index (χ4v) is 1.01. The third-order valence-corrected chi connectivity index (χ3v) is 2.28. The van der Waals surface area contributed by atoms with Crippen molar-refractivity contribution in [1.82, 2.24) is 10.3 Å². The zero-order valence-electron chi connectivity index (χ0n) is 9.78. The van der Waals surface area contributed by atoms with E-state index >= 15 is 0 Å². The maximum Gasteiger partial charge on any atom is 0.252 e. The molecule has 0 saturated heterocycles. The van der Waals surface area contributed by atoms with Gasteiger partial charge in [-0.3, -0.25) is 4.79 Å². The molecule has 0 saturated carbocycles. The van der Waals surface area contributed by atoms with Gasteiger partial charge in [-0.15, -0.1) is 0 Å². The molecule has 0 atom stereocenters. The number of rotatable bonds is 4. The number of nitrogens with two attached hydrogens (primary N) is 1. The van der Waals surface area contributed by atoms with Crippen molar-refractivity contribution in [3.63, 3.8) is 0 Å². The van der Waals surface area contributed by atoms with Crippen molar-refractivity contribution in [2.45, 2.75) is 19.4 Å². The number of hydrogen-bond acceptors (Lipinski definition) is 4. The molecular weight excluding hydrogens is 206 g/mol. The van der Waals surface area contributed by atoms with E-state index < -0.39 is 0 Å². The molecule has 0 aliphatic carbocycles. The van der Waals surface area contributed by atoms with Crippen molar-refractivity contribution in [3.05, 3.63) is 23.9 Å². The van der Waals surface area contributed by atoms with Crippen LogP contribution in [-0.4, -0.2) is 30.1 Å². The summed E-state index contributed by atoms with van der Waals surface area (Å²) in [6.07, 6.45) is 1.45. The minimum absolute atomic E-state index is 0.183. The first-order valence-corrected chi connectivity index (χ1v) is 4.99. The second-order valence-electron chi connectivity index (χ2n) is 4.12. The van der Waals surface area contributed by atoms with E-state index in [1.165, 1.54) is 6.20 Å². The first-order chi connectivity index (χ1) is 7.44. The lowest BCUT2D eigenvalue weighted by molar-refractivity contribution is 0.0228. The van der Waals surface area contributed by atoms with Gasteiger partial charge in [0, 0.05) is 19.9 Å². The van der Waals surface area contributed by atoms with E-state index in [4.69, 9.17) is 10.5 Å². The van der Waals surface area contributed by atoms with Gasteiger partial charge in [0.2, 0.25) is 0 Å². The second-order valence-corrected chi connectivity index (χ2v) is 4.12. The van der Waals surface area contributed by atoms with Crippen LogP contribution >= 0.6 is 0 Å². The molecule has 1 aromatic heterocycles. The van der Waals surface area contributed by atoms with Gasteiger partial charge < -0.3 is 15.8 Å². The Bertz CT molecular complexity index is 360. The van der Waals surface area contributed by atoms with Gasteiger partial charge in [0.25, 0.3) is 5.91 Å². The molecule has 0 bridgehead atoms. The fraction of sp³-hybridized carbons (Fsp3) is 0.455. The molecule has 0 unspecified atom stereocenters. The summed E-state index contributed by atoms with van der Waals surface area (Å²) in [6.45, 7) is 4.23. The number of nitrogen functional groups attached to an aromatic ring is 1. The average molecular weight is 223 g/mol. The van der Waals surface area contributed by atoms with Gasteiger partial charge in [0.15, 0.2) is 0 Å². The lowest BCUT2D eigenvalue weighted by Crippen LogP contribution is -2.39. The minimum atomic E-state index is -0.378. The molecule has 3 N–H and O–H groups in total. The third-order valence-electron chi connectivity index (χ3n) is 2.28. The van der Waals surface area contributed by atoms with Crippen molar-refractivity contribution in [3.8, 4) is 0 Å². The Morgan fingerprint density at radius 2 is 2.25 bits per heavy atom. The van der Waals surface area contributed by atoms with Crippen molar-refractivity contribution < 1.29 is 9.53 Å². The first kappa shape index (κ1) is 12.4. The van der Waals surface area contributed by atoms with Crippen LogP contribution in [0.3, 0.4) is 0 Å². The highest BCUT2D eigenvalue weighted by molar-refractivity contribution is 5.94. The van der Waals surface area contributed by atoms with Crippen molar-refractivity contribution in [2.24, 2.45) is 0 Å². The van der Waals surface area contributed by atoms with Gasteiger partial charge in [-0.2, -0.15) is 0 Å². The quantitative estimate of drug-likeness (QED) is 0.792. The molecule has 0 radical (unpaired) electrons. The Labute approximate surface area is 95.0 Å². The summed E-state index contributed by atoms with van der Waals surface area (Å²) in [6, 6.07) is 3.23. The summed E-state index contributed by atoms with van der Waals surface area (Å²) < 4.78 is 5.19. The Morgan fingerprint density at radius 3 is 2.75 bits per heavy atom. The summed E-state index contributed by atoms with van der Waals surface area (Å²) in [5.41, 5.74) is 5.54. The van der Waals surface area contributed by atoms with E-state index in [-0.39, 0.29) is 11.5 Å². The van der Waals surface area contributed by atoms with Gasteiger partial charge in [-0.05, 0) is 26.0 Å². The van der Waals surface area contributed by atoms with Crippen LogP contribution in [0, 0.1) is 0 Å². The lowest BCUT2D eigenvalue weighted by Gasteiger charge is -2.23. The number of carbonyl (C=O) groups excluding carboxylic acids is 1. The molecular formula is C11H17N3O2. The maximum absolute atomic E-state index is 11.7. The number of nitrogens with one attached hydrogen (secondary N) is 1. The van der Waals surface area contributed by atoms with Crippen LogP contribution in [0.1, 0.15) is 24.2 Å². The van der Waals surface area contributed by atoms with Gasteiger partial charge in [0.05, 0.1) is 11.2 Å². The van der Waals surface area contributed by atoms with Gasteiger partial charge >= 0.3 is 0 Å². The molecule has 0 fully saturated rings. The zero-order valence-corrected chi connectivity index (χ0v) is 9.78. The average Bonchev–Trinajstić information content (AvgIpc) is 2.27. The number of carbonyl (C=O) groups is 1. The number of ether oxygens (including phenoxy) is 1. The molecule has 5 nitrogen and oxygen atoms in total. The molecule has 0 spiro atoms. The number of methoxy groups -OCH3 is 1. The molecule has 1 heterocycles. The van der Waals surface area contributed by atoms with Gasteiger partial charge in [-0.25, -0.2) is 4.98 Å². The highest BCUT2D eigenvalue weighted by atomic mass is 16.5. The monoisotopic (exact) mass is 223 g/mol. The molecule has 1 amide bonds. The molecule has 16 heavy (non-hydrogen) atoms. The number of anilines is 1. The fourth-order valence-electron chi connectivity index (χ4n) is 1.01. The number of nitrogens with zero attached hydrogens (tertiary/aromatic N) is 1. The molecule has 88 valence electrons. The van der Waals surface area contributed by atoms with Crippen LogP contribution in [0.5, 0.6) is 0 Å². The van der Waals surface area contributed by atoms with E-state index in [2.05, 4.69) is 10.3 Å². The topological polar surface area (TPSA) is 77.2 Å². The van der Waals surface area contributed by atoms with E-state index in [1.807, 2.05) is 13.8 Å². The first-order valence-electron chi connectivity index (χ1n) is 4.99. The summed E-state index contributed by atoms with van der Waals surface area (Å²) in [5.74, 6) is 0.214. The van der Waals surface area contributed by atoms with Crippen molar-refractivity contribution >= 4 is 11.7 Å². The van der Waals surface area contributed by atoms with E-state index in [0.717, 1.165) is 0 Å². The number of hydrogen-bond donors (Lipinski definition) is 2. The molecule has 1 rings (SSSR count). The minimum Gasteiger partial charge on any atom is -0.384 e. The van der Waals surface area contributed by atoms with Crippen LogP contribution in [0.2, 0.25) is 0 Å². The van der Waals surface area contributed by atoms with Crippen LogP contribution in [0.15, 0.2) is 18.3 Å². The predicted molar refractivity (Wildman–Crippen MR) is 62.1 cm³/mol. The van der Waals surface area contributed by atoms with E-state index in [0.29, 0.717) is 17.9 Å². The molecule has 0 aliphatic rings. The summed E-state index contributed by atoms with van der Waals surface area (Å²) >= 11 is 0. The molecule has 0 aliphatic heterocycles. The highest BCUT2D eigenvalue weighted by Gasteiger charge is 2.17. The van der Waals surface area contributed by atoms with E-state index in [1.54, 1.807) is 19.2 Å². The summed E-state index contributed by atoms with van der Waals surface area (Å²) in [5, 5.41) is 2.76. The van der Waals surface area contributed by atoms with Crippen LogP contribution < -0.4 is 11.1 Å². The second kappa shape index (κ2) is 4.94. The number of amides is 1. The predicted octanol–water partition coefficient (Wildman–Crippen LogP) is 0.819. The van der Waals surface area contributed by atoms with Crippen LogP contribution in [0.4, 0.5) is 5.82 Å². The Hall–Kier alpha value is -1.62. The van der Waals surface area contributed by atoms with Crippen molar-refractivity contribution in [2.75, 3.05) is 19.4 Å². The molecule has 0 aromatic carbocycles. The summed E-state index contributed by atoms with van der Waals surface area (Å²) in [7, 11) is 1.61. The third kappa shape index (κ3) is 3.51. The van der Waals surface area contributed by atoms with Gasteiger partial charge in [0.1, 0.15) is 5.82 Å². The SMILES string of the molecule is COC(C)(C)CNC(=O)c1ccc(N)nc1. The van der Waals surface area contributed by atoms with Crippen LogP contribution in [-0.2, 0) is 4.74 Å². The highest BCUT2D eigenvalue weighted by Crippen LogP contribution is 2.06. The smallest absolute Gasteiger partial charge is 0.252 e.